The molecule has 2 heterocycles. The molecule has 29 heavy (non-hydrogen) atoms. The fourth-order valence-corrected chi connectivity index (χ4v) is 5.08. The zero-order chi connectivity index (χ0) is 20.3. The van der Waals surface area contributed by atoms with Crippen molar-refractivity contribution >= 4 is 43.0 Å². The third kappa shape index (κ3) is 4.28. The molecule has 0 atom stereocenters. The van der Waals surface area contributed by atoms with Gasteiger partial charge in [0.25, 0.3) is 0 Å². The number of nitrogens with zero attached hydrogens (tertiary/aromatic N) is 1. The molecule has 2 aromatic heterocycles. The number of anilines is 1. The van der Waals surface area contributed by atoms with Crippen LogP contribution < -0.4 is 10.6 Å². The van der Waals surface area contributed by atoms with E-state index in [1.165, 1.54) is 12.1 Å². The van der Waals surface area contributed by atoms with Gasteiger partial charge in [-0.25, -0.2) is 13.2 Å². The van der Waals surface area contributed by atoms with E-state index in [0.717, 1.165) is 15.0 Å². The fraction of sp³-hybridized carbons (Fsp3) is 0.0476. The largest absolute Gasteiger partial charge is 0.333 e. The number of benzene rings is 2. The minimum atomic E-state index is -3.58. The van der Waals surface area contributed by atoms with Gasteiger partial charge in [0.1, 0.15) is 0 Å². The van der Waals surface area contributed by atoms with Gasteiger partial charge < -0.3 is 10.6 Å². The highest BCUT2D eigenvalue weighted by molar-refractivity contribution is 7.91. The second kappa shape index (κ2) is 8.02. The van der Waals surface area contributed by atoms with Gasteiger partial charge in [-0.1, -0.05) is 18.2 Å². The van der Waals surface area contributed by atoms with Crippen molar-refractivity contribution in [2.75, 3.05) is 5.32 Å². The number of pyridine rings is 1. The highest BCUT2D eigenvalue weighted by Gasteiger charge is 2.17. The van der Waals surface area contributed by atoms with E-state index in [2.05, 4.69) is 15.6 Å². The number of carbonyl (C=O) groups is 1. The molecular weight excluding hydrogens is 406 g/mol. The normalized spacial score (nSPS) is 11.3. The predicted octanol–water partition coefficient (Wildman–Crippen LogP) is 4.45. The average molecular weight is 424 g/mol. The van der Waals surface area contributed by atoms with E-state index in [0.29, 0.717) is 12.2 Å². The summed E-state index contributed by atoms with van der Waals surface area (Å²) in [4.78, 5) is 17.7. The first-order valence-electron chi connectivity index (χ1n) is 8.80. The van der Waals surface area contributed by atoms with E-state index >= 15 is 0 Å². The van der Waals surface area contributed by atoms with Gasteiger partial charge in [0, 0.05) is 23.0 Å². The number of hydrogen-bond donors (Lipinski definition) is 2. The van der Waals surface area contributed by atoms with E-state index in [1.54, 1.807) is 66.2 Å². The van der Waals surface area contributed by atoms with Gasteiger partial charge in [0.15, 0.2) is 0 Å². The number of hydrogen-bond acceptors (Lipinski definition) is 5. The first-order valence-corrected chi connectivity index (χ1v) is 11.1. The average Bonchev–Trinajstić information content (AvgIpc) is 3.16. The number of urea groups is 1. The van der Waals surface area contributed by atoms with Crippen molar-refractivity contribution in [3.63, 3.8) is 0 Å². The molecule has 4 aromatic rings. The molecule has 0 unspecified atom stereocenters. The van der Waals surface area contributed by atoms with Crippen LogP contribution in [0.3, 0.4) is 0 Å². The Morgan fingerprint density at radius 3 is 2.41 bits per heavy atom. The van der Waals surface area contributed by atoms with Crippen LogP contribution in [0.2, 0.25) is 0 Å². The second-order valence-corrected chi connectivity index (χ2v) is 9.39. The number of amides is 2. The summed E-state index contributed by atoms with van der Waals surface area (Å²) in [5.41, 5.74) is 0.509. The van der Waals surface area contributed by atoms with Crippen LogP contribution in [-0.4, -0.2) is 19.4 Å². The maximum absolute atomic E-state index is 12.6. The lowest BCUT2D eigenvalue weighted by Crippen LogP contribution is -2.27. The number of thiophene rings is 1. The molecule has 0 saturated heterocycles. The molecule has 0 fully saturated rings. The van der Waals surface area contributed by atoms with E-state index in [4.69, 9.17) is 0 Å². The lowest BCUT2D eigenvalue weighted by Gasteiger charge is -2.08. The van der Waals surface area contributed by atoms with Crippen molar-refractivity contribution in [1.29, 1.82) is 0 Å². The molecule has 0 aliphatic rings. The number of aromatic nitrogens is 1. The number of rotatable bonds is 5. The Balaban J connectivity index is 1.39. The zero-order valence-corrected chi connectivity index (χ0v) is 16.8. The van der Waals surface area contributed by atoms with Gasteiger partial charge in [-0.15, -0.1) is 11.3 Å². The summed E-state index contributed by atoms with van der Waals surface area (Å²) < 4.78 is 26.3. The van der Waals surface area contributed by atoms with Crippen molar-refractivity contribution in [2.45, 2.75) is 16.3 Å². The Labute approximate surface area is 172 Å². The van der Waals surface area contributed by atoms with Gasteiger partial charge in [-0.2, -0.15) is 0 Å². The van der Waals surface area contributed by atoms with Crippen LogP contribution >= 0.6 is 11.3 Å². The predicted molar refractivity (Wildman–Crippen MR) is 114 cm³/mol. The first kappa shape index (κ1) is 19.1. The van der Waals surface area contributed by atoms with Crippen LogP contribution in [0.1, 0.15) is 4.88 Å². The van der Waals surface area contributed by atoms with Gasteiger partial charge >= 0.3 is 6.03 Å². The molecule has 0 radical (unpaired) electrons. The van der Waals surface area contributed by atoms with E-state index in [1.807, 2.05) is 12.1 Å². The fourth-order valence-electron chi connectivity index (χ4n) is 2.82. The Kier molecular flexibility index (Phi) is 5.28. The molecule has 2 N–H and O–H groups in total. The van der Waals surface area contributed by atoms with Crippen molar-refractivity contribution in [3.8, 4) is 0 Å². The number of fused-ring (bicyclic) bond motifs is 1. The molecule has 0 aliphatic heterocycles. The van der Waals surface area contributed by atoms with Crippen molar-refractivity contribution in [2.24, 2.45) is 0 Å². The molecule has 0 saturated carbocycles. The summed E-state index contributed by atoms with van der Waals surface area (Å²) in [5.74, 6) is 0. The van der Waals surface area contributed by atoms with Crippen LogP contribution in [-0.2, 0) is 16.4 Å². The van der Waals surface area contributed by atoms with Gasteiger partial charge in [0.05, 0.1) is 21.0 Å². The zero-order valence-electron chi connectivity index (χ0n) is 15.2. The van der Waals surface area contributed by atoms with E-state index < -0.39 is 9.84 Å². The van der Waals surface area contributed by atoms with Gasteiger partial charge in [0.2, 0.25) is 9.84 Å². The molecular formula is C21H17N3O3S2. The minimum absolute atomic E-state index is 0.175. The summed E-state index contributed by atoms with van der Waals surface area (Å²) in [6.07, 6.45) is 3.54. The SMILES string of the molecule is O=C(NCc1cc2ccncc2s1)Nc1ccc(S(=O)(=O)c2ccccc2)cc1. The lowest BCUT2D eigenvalue weighted by atomic mass is 10.3. The van der Waals surface area contributed by atoms with Crippen molar-refractivity contribution < 1.29 is 13.2 Å². The molecule has 2 amide bonds. The Morgan fingerprint density at radius 1 is 0.966 bits per heavy atom. The summed E-state index contributed by atoms with van der Waals surface area (Å²) >= 11 is 1.58. The van der Waals surface area contributed by atoms with E-state index in [9.17, 15) is 13.2 Å². The third-order valence-electron chi connectivity index (χ3n) is 4.27. The quantitative estimate of drug-likeness (QED) is 0.496. The van der Waals surface area contributed by atoms with Crippen LogP contribution in [0.5, 0.6) is 0 Å². The highest BCUT2D eigenvalue weighted by atomic mass is 32.2. The molecule has 8 heteroatoms. The minimum Gasteiger partial charge on any atom is -0.333 e. The van der Waals surface area contributed by atoms with Crippen LogP contribution in [0.4, 0.5) is 10.5 Å². The first-order chi connectivity index (χ1) is 14.0. The summed E-state index contributed by atoms with van der Waals surface area (Å²) in [6.45, 7) is 0.394. The maximum Gasteiger partial charge on any atom is 0.319 e. The monoisotopic (exact) mass is 423 g/mol. The Morgan fingerprint density at radius 2 is 1.69 bits per heavy atom. The number of sulfone groups is 1. The molecule has 146 valence electrons. The molecule has 4 rings (SSSR count). The van der Waals surface area contributed by atoms with Crippen LogP contribution in [0, 0.1) is 0 Å². The molecule has 6 nitrogen and oxygen atoms in total. The number of carbonyl (C=O) groups excluding carboxylic acids is 1. The third-order valence-corrected chi connectivity index (χ3v) is 7.14. The molecule has 0 spiro atoms. The van der Waals surface area contributed by atoms with Gasteiger partial charge in [-0.3, -0.25) is 4.98 Å². The lowest BCUT2D eigenvalue weighted by molar-refractivity contribution is 0.252. The van der Waals surface area contributed by atoms with Crippen molar-refractivity contribution in [1.82, 2.24) is 10.3 Å². The maximum atomic E-state index is 12.6. The highest BCUT2D eigenvalue weighted by Crippen LogP contribution is 2.24. The van der Waals surface area contributed by atoms with Gasteiger partial charge in [-0.05, 0) is 53.9 Å². The van der Waals surface area contributed by atoms with Crippen LogP contribution in [0.25, 0.3) is 10.1 Å². The molecule has 0 aliphatic carbocycles. The van der Waals surface area contributed by atoms with Crippen molar-refractivity contribution in [3.05, 3.63) is 84.0 Å². The smallest absolute Gasteiger partial charge is 0.319 e. The molecule has 0 bridgehead atoms. The summed E-state index contributed by atoms with van der Waals surface area (Å²) in [5, 5.41) is 6.61. The Bertz CT molecular complexity index is 1220. The number of nitrogens with one attached hydrogen (secondary N) is 2. The summed E-state index contributed by atoms with van der Waals surface area (Å²) in [7, 11) is -3.58. The van der Waals surface area contributed by atoms with Crippen LogP contribution in [0.15, 0.2) is 88.9 Å². The Hall–Kier alpha value is -3.23. The topological polar surface area (TPSA) is 88.2 Å². The van der Waals surface area contributed by atoms with E-state index in [-0.39, 0.29) is 15.8 Å². The standard InChI is InChI=1S/C21H17N3O3S2/c25-21(23-13-17-12-15-10-11-22-14-20(15)28-17)24-16-6-8-19(9-7-16)29(26,27)18-4-2-1-3-5-18/h1-12,14H,13H2,(H2,23,24,25). The molecule has 2 aromatic carbocycles. The second-order valence-electron chi connectivity index (χ2n) is 6.27. The summed E-state index contributed by atoms with van der Waals surface area (Å²) in [6, 6.07) is 17.9.